The van der Waals surface area contributed by atoms with Crippen LogP contribution >= 0.6 is 11.8 Å². The number of rotatable bonds is 5. The number of carbonyl (C=O) groups excluding carboxylic acids is 1. The summed E-state index contributed by atoms with van der Waals surface area (Å²) in [5.74, 6) is 0.625. The van der Waals surface area contributed by atoms with E-state index >= 15 is 0 Å². The molecule has 3 aromatic rings. The number of H-pyrrole nitrogens is 1. The van der Waals surface area contributed by atoms with E-state index in [-0.39, 0.29) is 5.97 Å². The summed E-state index contributed by atoms with van der Waals surface area (Å²) < 4.78 is 4.72. The van der Waals surface area contributed by atoms with Crippen molar-refractivity contribution in [3.63, 3.8) is 0 Å². The molecule has 0 aliphatic rings. The second kappa shape index (κ2) is 7.76. The predicted molar refractivity (Wildman–Crippen MR) is 95.4 cm³/mol. The Labute approximate surface area is 148 Å². The Balaban J connectivity index is 1.79. The summed E-state index contributed by atoms with van der Waals surface area (Å²) in [5, 5.41) is 0.381. The molecule has 0 aliphatic carbocycles. The molecule has 0 saturated carbocycles. The highest BCUT2D eigenvalue weighted by atomic mass is 32.2. The first-order valence-electron chi connectivity index (χ1n) is 7.49. The molecule has 0 radical (unpaired) electrons. The molecule has 25 heavy (non-hydrogen) atoms. The average molecular weight is 353 g/mol. The first kappa shape index (κ1) is 16.9. The van der Waals surface area contributed by atoms with Gasteiger partial charge < -0.3 is 4.74 Å². The molecule has 0 amide bonds. The Morgan fingerprint density at radius 1 is 1.12 bits per heavy atom. The molecule has 0 bridgehead atoms. The van der Waals surface area contributed by atoms with Crippen LogP contribution in [-0.2, 0) is 10.5 Å². The number of hydrogen-bond donors (Lipinski definition) is 1. The van der Waals surface area contributed by atoms with Crippen LogP contribution in [0.1, 0.15) is 15.9 Å². The van der Waals surface area contributed by atoms with Gasteiger partial charge in [-0.25, -0.2) is 14.6 Å². The Hall–Kier alpha value is -2.93. The quantitative estimate of drug-likeness (QED) is 0.561. The summed E-state index contributed by atoms with van der Waals surface area (Å²) in [7, 11) is 1.35. The number of methoxy groups -OCH3 is 1. The van der Waals surface area contributed by atoms with Gasteiger partial charge in [0.1, 0.15) is 5.82 Å². The van der Waals surface area contributed by atoms with Crippen molar-refractivity contribution in [3.05, 3.63) is 76.2 Å². The summed E-state index contributed by atoms with van der Waals surface area (Å²) in [6, 6.07) is 16.5. The maximum Gasteiger partial charge on any atom is 0.349 e. The molecule has 0 saturated heterocycles. The summed E-state index contributed by atoms with van der Waals surface area (Å²) in [4.78, 5) is 34.3. The summed E-state index contributed by atoms with van der Waals surface area (Å²) in [6.07, 6.45) is 0. The minimum atomic E-state index is -0.445. The standard InChI is InChI=1S/C18H15N3O3S/c1-24-16(22)14-9-5-6-12(10-14)11-25-18-20-15(19-17(23)21-18)13-7-3-2-4-8-13/h2-10H,11H2,1H3,(H,19,20,21,23). The van der Waals surface area contributed by atoms with Gasteiger partial charge in [0.2, 0.25) is 0 Å². The van der Waals surface area contributed by atoms with Crippen molar-refractivity contribution in [3.8, 4) is 11.4 Å². The van der Waals surface area contributed by atoms with Gasteiger partial charge in [0.15, 0.2) is 5.16 Å². The van der Waals surface area contributed by atoms with Crippen LogP contribution < -0.4 is 5.69 Å². The summed E-state index contributed by atoms with van der Waals surface area (Å²) >= 11 is 1.33. The fourth-order valence-corrected chi connectivity index (χ4v) is 2.99. The largest absolute Gasteiger partial charge is 0.465 e. The number of carbonyl (C=O) groups is 1. The Morgan fingerprint density at radius 2 is 1.92 bits per heavy atom. The second-order valence-corrected chi connectivity index (χ2v) is 6.07. The molecular formula is C18H15N3O3S. The molecule has 2 aromatic carbocycles. The van der Waals surface area contributed by atoms with E-state index in [2.05, 4.69) is 15.0 Å². The van der Waals surface area contributed by atoms with E-state index in [9.17, 15) is 9.59 Å². The monoisotopic (exact) mass is 353 g/mol. The minimum absolute atomic E-state index is 0.381. The van der Waals surface area contributed by atoms with Gasteiger partial charge >= 0.3 is 11.7 Å². The molecular weight excluding hydrogens is 338 g/mol. The molecule has 1 N–H and O–H groups in total. The lowest BCUT2D eigenvalue weighted by molar-refractivity contribution is 0.0600. The van der Waals surface area contributed by atoms with E-state index < -0.39 is 5.69 Å². The molecule has 1 heterocycles. The van der Waals surface area contributed by atoms with Gasteiger partial charge in [0, 0.05) is 11.3 Å². The number of ether oxygens (including phenoxy) is 1. The fraction of sp³-hybridized carbons (Fsp3) is 0.111. The van der Waals surface area contributed by atoms with E-state index in [4.69, 9.17) is 4.74 Å². The van der Waals surface area contributed by atoms with Crippen LogP contribution in [0.2, 0.25) is 0 Å². The predicted octanol–water partition coefficient (Wildman–Crippen LogP) is 2.91. The molecule has 7 heteroatoms. The van der Waals surface area contributed by atoms with Gasteiger partial charge in [0.05, 0.1) is 12.7 Å². The van der Waals surface area contributed by atoms with Crippen molar-refractivity contribution >= 4 is 17.7 Å². The van der Waals surface area contributed by atoms with Crippen molar-refractivity contribution in [1.82, 2.24) is 15.0 Å². The molecule has 126 valence electrons. The lowest BCUT2D eigenvalue weighted by atomic mass is 10.1. The third-order valence-electron chi connectivity index (χ3n) is 3.39. The number of nitrogens with zero attached hydrogens (tertiary/aromatic N) is 2. The van der Waals surface area contributed by atoms with Gasteiger partial charge in [-0.1, -0.05) is 54.2 Å². The number of thioether (sulfide) groups is 1. The molecule has 0 spiro atoms. The molecule has 0 aliphatic heterocycles. The van der Waals surface area contributed by atoms with E-state index in [1.54, 1.807) is 18.2 Å². The zero-order valence-corrected chi connectivity index (χ0v) is 14.2. The van der Waals surface area contributed by atoms with E-state index in [1.165, 1.54) is 18.9 Å². The summed E-state index contributed by atoms with van der Waals surface area (Å²) in [6.45, 7) is 0. The number of hydrogen-bond acceptors (Lipinski definition) is 6. The van der Waals surface area contributed by atoms with Gasteiger partial charge in [-0.05, 0) is 17.7 Å². The first-order chi connectivity index (χ1) is 12.2. The maximum atomic E-state index is 11.8. The Kier molecular flexibility index (Phi) is 5.25. The molecule has 0 atom stereocenters. The van der Waals surface area contributed by atoms with Gasteiger partial charge in [0.25, 0.3) is 0 Å². The first-order valence-corrected chi connectivity index (χ1v) is 8.48. The molecule has 3 rings (SSSR count). The van der Waals surface area contributed by atoms with Crippen LogP contribution in [0.3, 0.4) is 0 Å². The highest BCUT2D eigenvalue weighted by Gasteiger charge is 2.08. The molecule has 1 aromatic heterocycles. The van der Waals surface area contributed by atoms with Gasteiger partial charge in [-0.15, -0.1) is 0 Å². The summed E-state index contributed by atoms with van der Waals surface area (Å²) in [5.41, 5.74) is 1.77. The highest BCUT2D eigenvalue weighted by molar-refractivity contribution is 7.98. The van der Waals surface area contributed by atoms with Crippen LogP contribution in [0.25, 0.3) is 11.4 Å². The van der Waals surface area contributed by atoms with Crippen LogP contribution in [0, 0.1) is 0 Å². The number of aromatic nitrogens is 3. The topological polar surface area (TPSA) is 84.9 Å². The Morgan fingerprint density at radius 3 is 2.68 bits per heavy atom. The smallest absolute Gasteiger partial charge is 0.349 e. The fourth-order valence-electron chi connectivity index (χ4n) is 2.22. The van der Waals surface area contributed by atoms with E-state index in [1.807, 2.05) is 36.4 Å². The Bertz CT molecular complexity index is 942. The van der Waals surface area contributed by atoms with Crippen molar-refractivity contribution in [2.45, 2.75) is 10.9 Å². The lowest BCUT2D eigenvalue weighted by Crippen LogP contribution is -2.14. The minimum Gasteiger partial charge on any atom is -0.465 e. The van der Waals surface area contributed by atoms with E-state index in [0.29, 0.717) is 22.3 Å². The van der Waals surface area contributed by atoms with Crippen molar-refractivity contribution in [1.29, 1.82) is 0 Å². The van der Waals surface area contributed by atoms with Gasteiger partial charge in [-0.2, -0.15) is 4.98 Å². The highest BCUT2D eigenvalue weighted by Crippen LogP contribution is 2.21. The zero-order chi connectivity index (χ0) is 17.6. The molecule has 0 fully saturated rings. The number of esters is 1. The SMILES string of the molecule is COC(=O)c1cccc(CSc2nc(-c3ccccc3)[nH]c(=O)n2)c1. The molecule has 6 nitrogen and oxygen atoms in total. The third-order valence-corrected chi connectivity index (χ3v) is 4.31. The van der Waals surface area contributed by atoms with E-state index in [0.717, 1.165) is 11.1 Å². The number of nitrogens with one attached hydrogen (secondary N) is 1. The van der Waals surface area contributed by atoms with Crippen LogP contribution in [0.5, 0.6) is 0 Å². The maximum absolute atomic E-state index is 11.8. The normalized spacial score (nSPS) is 10.4. The number of benzene rings is 2. The molecule has 0 unspecified atom stereocenters. The average Bonchev–Trinajstić information content (AvgIpc) is 2.66. The third kappa shape index (κ3) is 4.33. The lowest BCUT2D eigenvalue weighted by Gasteiger charge is -2.05. The van der Waals surface area contributed by atoms with Crippen molar-refractivity contribution in [2.24, 2.45) is 0 Å². The van der Waals surface area contributed by atoms with Crippen LogP contribution in [-0.4, -0.2) is 28.0 Å². The van der Waals surface area contributed by atoms with Crippen molar-refractivity contribution in [2.75, 3.05) is 7.11 Å². The van der Waals surface area contributed by atoms with Crippen LogP contribution in [0.4, 0.5) is 0 Å². The zero-order valence-electron chi connectivity index (χ0n) is 13.4. The van der Waals surface area contributed by atoms with Gasteiger partial charge in [-0.3, -0.25) is 4.98 Å². The number of aromatic amines is 1. The van der Waals surface area contributed by atoms with Crippen molar-refractivity contribution < 1.29 is 9.53 Å². The van der Waals surface area contributed by atoms with Crippen LogP contribution in [0.15, 0.2) is 64.5 Å². The second-order valence-electron chi connectivity index (χ2n) is 5.13.